The highest BCUT2D eigenvalue weighted by Crippen LogP contribution is 2.69. The van der Waals surface area contributed by atoms with E-state index in [1.165, 1.54) is 12.4 Å². The van der Waals surface area contributed by atoms with Crippen LogP contribution in [0.1, 0.15) is 52.4 Å². The van der Waals surface area contributed by atoms with Gasteiger partial charge in [0.1, 0.15) is 0 Å². The molecule has 24 heavy (non-hydrogen) atoms. The molecule has 0 aliphatic heterocycles. The molecule has 1 aromatic rings. The number of sulfonamides is 1. The van der Waals surface area contributed by atoms with Crippen LogP contribution in [-0.2, 0) is 14.8 Å². The SMILES string of the molecule is CC12CC3CC(C)(C1)CC(C(=O)NS(=O)(=O)c1cnccn1)(C3)C2. The van der Waals surface area contributed by atoms with Gasteiger partial charge < -0.3 is 0 Å². The van der Waals surface area contributed by atoms with Gasteiger partial charge in [-0.05, 0) is 55.3 Å². The number of hydrogen-bond donors (Lipinski definition) is 1. The minimum Gasteiger partial charge on any atom is -0.273 e. The zero-order valence-corrected chi connectivity index (χ0v) is 14.9. The van der Waals surface area contributed by atoms with Crippen molar-refractivity contribution in [2.45, 2.75) is 57.4 Å². The highest BCUT2D eigenvalue weighted by Gasteiger charge is 2.63. The third-order valence-corrected chi connectivity index (χ3v) is 7.37. The van der Waals surface area contributed by atoms with Crippen LogP contribution < -0.4 is 4.72 Å². The molecule has 4 bridgehead atoms. The van der Waals surface area contributed by atoms with Crippen molar-refractivity contribution in [2.75, 3.05) is 0 Å². The Morgan fingerprint density at radius 2 is 1.79 bits per heavy atom. The van der Waals surface area contributed by atoms with E-state index in [2.05, 4.69) is 28.5 Å². The Labute approximate surface area is 142 Å². The van der Waals surface area contributed by atoms with Crippen LogP contribution in [0.4, 0.5) is 0 Å². The summed E-state index contributed by atoms with van der Waals surface area (Å²) >= 11 is 0. The summed E-state index contributed by atoms with van der Waals surface area (Å²) in [6.45, 7) is 4.52. The summed E-state index contributed by atoms with van der Waals surface area (Å²) in [5, 5.41) is -0.208. The maximum absolute atomic E-state index is 13.0. The molecule has 2 atom stereocenters. The molecule has 0 radical (unpaired) electrons. The normalized spacial score (nSPS) is 40.5. The van der Waals surface area contributed by atoms with Gasteiger partial charge in [-0.3, -0.25) is 9.78 Å². The number of hydrogen-bond acceptors (Lipinski definition) is 5. The van der Waals surface area contributed by atoms with E-state index < -0.39 is 15.4 Å². The van der Waals surface area contributed by atoms with Crippen molar-refractivity contribution >= 4 is 15.9 Å². The van der Waals surface area contributed by atoms with E-state index in [0.29, 0.717) is 5.92 Å². The summed E-state index contributed by atoms with van der Waals surface area (Å²) in [5.41, 5.74) is -0.248. The zero-order valence-electron chi connectivity index (χ0n) is 14.1. The molecule has 4 aliphatic carbocycles. The van der Waals surface area contributed by atoms with Gasteiger partial charge in [0.2, 0.25) is 5.91 Å². The summed E-state index contributed by atoms with van der Waals surface area (Å²) in [6, 6.07) is 0. The van der Waals surface area contributed by atoms with E-state index in [0.717, 1.165) is 44.7 Å². The maximum Gasteiger partial charge on any atom is 0.283 e. The third-order valence-electron chi connectivity index (χ3n) is 6.15. The van der Waals surface area contributed by atoms with Crippen LogP contribution >= 0.6 is 0 Å². The van der Waals surface area contributed by atoms with Gasteiger partial charge in [-0.25, -0.2) is 9.71 Å². The number of carbonyl (C=O) groups is 1. The molecular formula is C17H23N3O3S. The first-order chi connectivity index (χ1) is 11.1. The Hall–Kier alpha value is -1.50. The Kier molecular flexibility index (Phi) is 3.18. The van der Waals surface area contributed by atoms with Crippen LogP contribution in [0.2, 0.25) is 0 Å². The number of rotatable bonds is 3. The molecule has 0 aromatic carbocycles. The molecule has 7 heteroatoms. The van der Waals surface area contributed by atoms with Crippen molar-refractivity contribution in [2.24, 2.45) is 22.2 Å². The van der Waals surface area contributed by atoms with Crippen LogP contribution in [0.15, 0.2) is 23.6 Å². The minimum atomic E-state index is -3.97. The average Bonchev–Trinajstić information content (AvgIpc) is 2.44. The van der Waals surface area contributed by atoms with Crippen molar-refractivity contribution in [1.29, 1.82) is 0 Å². The molecule has 1 amide bonds. The molecule has 4 saturated carbocycles. The Morgan fingerprint density at radius 3 is 2.33 bits per heavy atom. The molecular weight excluding hydrogens is 326 g/mol. The molecule has 1 aromatic heterocycles. The molecule has 6 nitrogen and oxygen atoms in total. The summed E-state index contributed by atoms with van der Waals surface area (Å²) in [6.07, 6.45) is 9.72. The summed E-state index contributed by atoms with van der Waals surface area (Å²) in [5.74, 6) is 0.177. The predicted octanol–water partition coefficient (Wildman–Crippen LogP) is 2.28. The smallest absolute Gasteiger partial charge is 0.273 e. The molecule has 0 spiro atoms. The van der Waals surface area contributed by atoms with Crippen LogP contribution in [0.25, 0.3) is 0 Å². The lowest BCUT2D eigenvalue weighted by Gasteiger charge is -2.64. The standard InChI is InChI=1S/C17H23N3O3S/c1-15-5-12-6-16(2,9-15)11-17(7-12,10-15)14(21)20-24(22,23)13-8-18-3-4-19-13/h3-4,8,12H,5-7,9-11H2,1-2H3,(H,20,21). The fourth-order valence-electron chi connectivity index (χ4n) is 6.41. The van der Waals surface area contributed by atoms with Crippen molar-refractivity contribution in [3.8, 4) is 0 Å². The van der Waals surface area contributed by atoms with Gasteiger partial charge in [-0.1, -0.05) is 13.8 Å². The van der Waals surface area contributed by atoms with Crippen LogP contribution in [0.3, 0.4) is 0 Å². The number of aromatic nitrogens is 2. The van der Waals surface area contributed by atoms with Crippen LogP contribution in [-0.4, -0.2) is 24.3 Å². The summed E-state index contributed by atoms with van der Waals surface area (Å²) < 4.78 is 27.2. The lowest BCUT2D eigenvalue weighted by molar-refractivity contribution is -0.168. The molecule has 4 aliphatic rings. The van der Waals surface area contributed by atoms with E-state index in [4.69, 9.17) is 0 Å². The molecule has 5 rings (SSSR count). The molecule has 1 N–H and O–H groups in total. The second-order valence-corrected chi connectivity index (χ2v) is 10.5. The van der Waals surface area contributed by atoms with Crippen LogP contribution in [0.5, 0.6) is 0 Å². The number of nitrogens with one attached hydrogen (secondary N) is 1. The monoisotopic (exact) mass is 349 g/mol. The van der Waals surface area contributed by atoms with Gasteiger partial charge in [-0.2, -0.15) is 8.42 Å². The fraction of sp³-hybridized carbons (Fsp3) is 0.706. The first-order valence-electron chi connectivity index (χ1n) is 8.47. The van der Waals surface area contributed by atoms with Crippen molar-refractivity contribution in [1.82, 2.24) is 14.7 Å². The first-order valence-corrected chi connectivity index (χ1v) is 9.96. The number of nitrogens with zero attached hydrogens (tertiary/aromatic N) is 2. The van der Waals surface area contributed by atoms with Gasteiger partial charge in [0.05, 0.1) is 11.6 Å². The molecule has 2 unspecified atom stereocenters. The summed E-state index contributed by atoms with van der Waals surface area (Å²) in [4.78, 5) is 20.6. The van der Waals surface area contributed by atoms with Gasteiger partial charge in [0, 0.05) is 12.4 Å². The number of carbonyl (C=O) groups excluding carboxylic acids is 1. The van der Waals surface area contributed by atoms with E-state index in [-0.39, 0.29) is 21.8 Å². The lowest BCUT2D eigenvalue weighted by Crippen LogP contribution is -2.60. The van der Waals surface area contributed by atoms with E-state index in [1.807, 2.05) is 0 Å². The highest BCUT2D eigenvalue weighted by molar-refractivity contribution is 7.90. The molecule has 0 saturated heterocycles. The van der Waals surface area contributed by atoms with Gasteiger partial charge in [0.25, 0.3) is 10.0 Å². The molecule has 4 fully saturated rings. The predicted molar refractivity (Wildman–Crippen MR) is 87.2 cm³/mol. The molecule has 1 heterocycles. The Bertz CT molecular complexity index is 775. The Morgan fingerprint density at radius 1 is 1.12 bits per heavy atom. The van der Waals surface area contributed by atoms with Gasteiger partial charge in [-0.15, -0.1) is 0 Å². The minimum absolute atomic E-state index is 0.155. The third kappa shape index (κ3) is 2.44. The topological polar surface area (TPSA) is 89.0 Å². The van der Waals surface area contributed by atoms with Crippen molar-refractivity contribution in [3.63, 3.8) is 0 Å². The fourth-order valence-corrected chi connectivity index (χ4v) is 7.37. The highest BCUT2D eigenvalue weighted by atomic mass is 32.2. The second kappa shape index (κ2) is 4.77. The lowest BCUT2D eigenvalue weighted by atomic mass is 9.40. The maximum atomic E-state index is 13.0. The quantitative estimate of drug-likeness (QED) is 0.904. The zero-order chi connectivity index (χ0) is 17.2. The molecule has 130 valence electrons. The van der Waals surface area contributed by atoms with Gasteiger partial charge in [0.15, 0.2) is 5.03 Å². The second-order valence-electron chi connectivity index (χ2n) is 8.89. The summed E-state index contributed by atoms with van der Waals surface area (Å²) in [7, 11) is -3.97. The van der Waals surface area contributed by atoms with Crippen molar-refractivity contribution in [3.05, 3.63) is 18.6 Å². The van der Waals surface area contributed by atoms with E-state index >= 15 is 0 Å². The largest absolute Gasteiger partial charge is 0.283 e. The first kappa shape index (κ1) is 16.0. The Balaban J connectivity index is 1.63. The average molecular weight is 349 g/mol. The van der Waals surface area contributed by atoms with E-state index in [9.17, 15) is 13.2 Å². The van der Waals surface area contributed by atoms with Crippen LogP contribution in [0, 0.1) is 22.2 Å². The van der Waals surface area contributed by atoms with E-state index in [1.54, 1.807) is 0 Å². The van der Waals surface area contributed by atoms with Gasteiger partial charge >= 0.3 is 0 Å². The van der Waals surface area contributed by atoms with Crippen molar-refractivity contribution < 1.29 is 13.2 Å². The number of amides is 1.